The number of carbonyl (C=O) groups is 3. The van der Waals surface area contributed by atoms with Gasteiger partial charge in [-0.3, -0.25) is 9.59 Å². The Kier molecular flexibility index (Phi) is 45.5. The molecule has 0 aliphatic rings. The second-order valence-electron chi connectivity index (χ2n) is 18.4. The van der Waals surface area contributed by atoms with Gasteiger partial charge < -0.3 is 23.8 Å². The number of ether oxygens (including phenoxy) is 3. The Morgan fingerprint density at radius 3 is 1.18 bits per heavy atom. The average Bonchev–Trinajstić information content (AvgIpc) is 3.29. The van der Waals surface area contributed by atoms with Gasteiger partial charge >= 0.3 is 17.9 Å². The molecular weight excluding hydrogens is 835 g/mol. The van der Waals surface area contributed by atoms with Crippen molar-refractivity contribution in [2.75, 3.05) is 41.0 Å². The number of carboxylic acid groups (broad SMARTS) is 1. The number of carbonyl (C=O) groups excluding carboxylic acids is 2. The minimum absolute atomic E-state index is 0.0426. The summed E-state index contributed by atoms with van der Waals surface area (Å²) in [5.41, 5.74) is 0. The Morgan fingerprint density at radius 1 is 0.448 bits per heavy atom. The molecule has 0 heterocycles. The second kappa shape index (κ2) is 48.4. The van der Waals surface area contributed by atoms with Gasteiger partial charge in [-0.2, -0.15) is 0 Å². The molecule has 0 aliphatic carbocycles. The Hall–Kier alpha value is -4.01. The SMILES string of the molecule is CC/C=C/C/C=C/C/C=C/C/C=C/C/C=C/C/C=C/CCCCCC(=O)OCC(COCCC(C(=O)O)[N+](C)(C)C)OC(=O)CCCCCCCCCCCCC/C=C/C/C=C/C/C=C/CC. The highest BCUT2D eigenvalue weighted by molar-refractivity contribution is 5.72. The second-order valence-corrected chi connectivity index (χ2v) is 18.4. The van der Waals surface area contributed by atoms with E-state index in [1.807, 2.05) is 21.1 Å². The van der Waals surface area contributed by atoms with E-state index in [4.69, 9.17) is 14.2 Å². The van der Waals surface area contributed by atoms with E-state index < -0.39 is 18.1 Å². The van der Waals surface area contributed by atoms with Crippen LogP contribution in [0.5, 0.6) is 0 Å². The third-order valence-corrected chi connectivity index (χ3v) is 11.2. The minimum atomic E-state index is -0.884. The van der Waals surface area contributed by atoms with Gasteiger partial charge in [0.25, 0.3) is 0 Å². The van der Waals surface area contributed by atoms with Crippen LogP contribution in [-0.4, -0.2) is 80.6 Å². The predicted octanol–water partition coefficient (Wildman–Crippen LogP) is 15.6. The van der Waals surface area contributed by atoms with Crippen LogP contribution in [0.15, 0.2) is 109 Å². The fourth-order valence-corrected chi connectivity index (χ4v) is 7.17. The molecule has 2 unspecified atom stereocenters. The first kappa shape index (κ1) is 63.0. The highest BCUT2D eigenvalue weighted by atomic mass is 16.6. The van der Waals surface area contributed by atoms with Crippen LogP contribution in [0.1, 0.15) is 194 Å². The van der Waals surface area contributed by atoms with E-state index >= 15 is 0 Å². The molecule has 0 spiro atoms. The van der Waals surface area contributed by atoms with Crippen LogP contribution in [0.25, 0.3) is 0 Å². The zero-order chi connectivity index (χ0) is 49.2. The molecule has 1 N–H and O–H groups in total. The van der Waals surface area contributed by atoms with Crippen molar-refractivity contribution in [3.8, 4) is 0 Å². The molecule has 0 aromatic heterocycles. The van der Waals surface area contributed by atoms with Gasteiger partial charge in [0.15, 0.2) is 12.1 Å². The van der Waals surface area contributed by atoms with Gasteiger partial charge in [-0.25, -0.2) is 4.79 Å². The highest BCUT2D eigenvalue weighted by Crippen LogP contribution is 2.15. The molecule has 0 aliphatic heterocycles. The summed E-state index contributed by atoms with van der Waals surface area (Å²) in [6.07, 6.45) is 67.1. The highest BCUT2D eigenvalue weighted by Gasteiger charge is 2.31. The Bertz CT molecular complexity index is 1460. The van der Waals surface area contributed by atoms with Gasteiger partial charge in [0.2, 0.25) is 0 Å². The number of hydrogen-bond acceptors (Lipinski definition) is 6. The van der Waals surface area contributed by atoms with Crippen molar-refractivity contribution in [2.24, 2.45) is 0 Å². The summed E-state index contributed by atoms with van der Waals surface area (Å²) in [6, 6.07) is -0.628. The Labute approximate surface area is 410 Å². The van der Waals surface area contributed by atoms with Gasteiger partial charge in [-0.1, -0.05) is 187 Å². The van der Waals surface area contributed by atoms with Crippen molar-refractivity contribution < 1.29 is 38.2 Å². The van der Waals surface area contributed by atoms with Crippen molar-refractivity contribution in [1.82, 2.24) is 0 Å². The lowest BCUT2D eigenvalue weighted by atomic mass is 10.0. The summed E-state index contributed by atoms with van der Waals surface area (Å²) < 4.78 is 17.3. The largest absolute Gasteiger partial charge is 0.477 e. The number of nitrogens with zero attached hydrogens (tertiary/aromatic N) is 1. The van der Waals surface area contributed by atoms with E-state index in [0.29, 0.717) is 19.3 Å². The van der Waals surface area contributed by atoms with Crippen LogP contribution < -0.4 is 0 Å². The van der Waals surface area contributed by atoms with E-state index in [1.165, 1.54) is 57.8 Å². The number of unbranched alkanes of at least 4 members (excludes halogenated alkanes) is 14. The van der Waals surface area contributed by atoms with Gasteiger partial charge in [-0.05, 0) is 96.3 Å². The standard InChI is InChI=1S/C59H97NO7/c1-6-8-10-12-14-16-18-20-22-24-26-28-30-31-33-35-37-39-41-43-45-47-49-57(61)66-54-55(53-65-52-51-56(59(63)64)60(3,4)5)67-58(62)50-48-46-44-42-40-38-36-34-32-29-27-25-23-21-19-17-15-13-11-9-7-2/h8-11,14-17,20-23,26,28,31,33,37,39,55-56H,6-7,12-13,18-19,24-25,27,29-30,32,34-36,38,40-54H2,1-5H3/p+1/b10-8+,11-9+,16-14+,17-15+,22-20+,23-21+,28-26+,33-31+,39-37+. The monoisotopic (exact) mass is 933 g/mol. The van der Waals surface area contributed by atoms with Crippen molar-refractivity contribution in [3.63, 3.8) is 0 Å². The topological polar surface area (TPSA) is 99.1 Å². The maximum absolute atomic E-state index is 12.8. The maximum atomic E-state index is 12.8. The number of quaternary nitrogens is 1. The summed E-state index contributed by atoms with van der Waals surface area (Å²) in [5.74, 6) is -1.52. The zero-order valence-corrected chi connectivity index (χ0v) is 43.3. The number of esters is 2. The zero-order valence-electron chi connectivity index (χ0n) is 43.3. The molecule has 0 amide bonds. The average molecular weight is 933 g/mol. The van der Waals surface area contributed by atoms with Crippen molar-refractivity contribution in [2.45, 2.75) is 206 Å². The molecule has 67 heavy (non-hydrogen) atoms. The summed E-state index contributed by atoms with van der Waals surface area (Å²) in [4.78, 5) is 37.2. The first-order chi connectivity index (χ1) is 32.6. The van der Waals surface area contributed by atoms with E-state index in [-0.39, 0.29) is 36.2 Å². The predicted molar refractivity (Wildman–Crippen MR) is 284 cm³/mol. The molecule has 380 valence electrons. The minimum Gasteiger partial charge on any atom is -0.477 e. The lowest BCUT2D eigenvalue weighted by Gasteiger charge is -2.31. The van der Waals surface area contributed by atoms with Gasteiger partial charge in [-0.15, -0.1) is 0 Å². The van der Waals surface area contributed by atoms with E-state index in [0.717, 1.165) is 103 Å². The van der Waals surface area contributed by atoms with Crippen LogP contribution in [0.2, 0.25) is 0 Å². The van der Waals surface area contributed by atoms with Crippen LogP contribution >= 0.6 is 0 Å². The third kappa shape index (κ3) is 46.9. The summed E-state index contributed by atoms with van der Waals surface area (Å²) in [7, 11) is 5.52. The molecule has 0 bridgehead atoms. The van der Waals surface area contributed by atoms with Crippen LogP contribution in [0.4, 0.5) is 0 Å². The molecule has 8 nitrogen and oxygen atoms in total. The fourth-order valence-electron chi connectivity index (χ4n) is 7.17. The molecule has 0 radical (unpaired) electrons. The van der Waals surface area contributed by atoms with Gasteiger partial charge in [0.1, 0.15) is 6.61 Å². The van der Waals surface area contributed by atoms with Gasteiger partial charge in [0, 0.05) is 19.3 Å². The molecule has 0 saturated carbocycles. The van der Waals surface area contributed by atoms with Crippen LogP contribution in [-0.2, 0) is 28.6 Å². The number of allylic oxidation sites excluding steroid dienone is 18. The number of rotatable bonds is 46. The molecular formula is C59H98NO7+. The molecule has 0 fully saturated rings. The van der Waals surface area contributed by atoms with E-state index in [2.05, 4.69) is 123 Å². The number of carboxylic acids is 1. The van der Waals surface area contributed by atoms with E-state index in [1.54, 1.807) is 0 Å². The number of aliphatic carboxylic acids is 1. The Morgan fingerprint density at radius 2 is 0.791 bits per heavy atom. The van der Waals surface area contributed by atoms with Crippen molar-refractivity contribution in [1.29, 1.82) is 0 Å². The lowest BCUT2D eigenvalue weighted by Crippen LogP contribution is -2.50. The maximum Gasteiger partial charge on any atom is 0.362 e. The smallest absolute Gasteiger partial charge is 0.362 e. The molecule has 0 rings (SSSR count). The summed E-state index contributed by atoms with van der Waals surface area (Å²) in [5, 5.41) is 9.67. The normalized spacial score (nSPS) is 13.7. The molecule has 0 aromatic rings. The molecule has 2 atom stereocenters. The number of hydrogen-bond donors (Lipinski definition) is 1. The Balaban J connectivity index is 4.32. The lowest BCUT2D eigenvalue weighted by molar-refractivity contribution is -0.887. The molecule has 8 heteroatoms. The van der Waals surface area contributed by atoms with Crippen molar-refractivity contribution in [3.05, 3.63) is 109 Å². The van der Waals surface area contributed by atoms with Crippen LogP contribution in [0.3, 0.4) is 0 Å². The summed E-state index contributed by atoms with van der Waals surface area (Å²) in [6.45, 7) is 4.47. The third-order valence-electron chi connectivity index (χ3n) is 11.2. The van der Waals surface area contributed by atoms with Gasteiger partial charge in [0.05, 0.1) is 34.4 Å². The van der Waals surface area contributed by atoms with E-state index in [9.17, 15) is 19.5 Å². The quantitative estimate of drug-likeness (QED) is 0.0281. The van der Waals surface area contributed by atoms with Crippen LogP contribution in [0, 0.1) is 0 Å². The van der Waals surface area contributed by atoms with Crippen molar-refractivity contribution >= 4 is 17.9 Å². The molecule has 0 aromatic carbocycles. The first-order valence-electron chi connectivity index (χ1n) is 26.4. The fraction of sp³-hybridized carbons (Fsp3) is 0.644. The summed E-state index contributed by atoms with van der Waals surface area (Å²) >= 11 is 0. The first-order valence-corrected chi connectivity index (χ1v) is 26.4. The molecule has 0 saturated heterocycles. The number of likely N-dealkylation sites (N-methyl/N-ethyl adjacent to an activating group) is 1.